The van der Waals surface area contributed by atoms with E-state index in [2.05, 4.69) is 4.98 Å². The Morgan fingerprint density at radius 3 is 2.86 bits per heavy atom. The van der Waals surface area contributed by atoms with E-state index in [4.69, 9.17) is 4.74 Å². The smallest absolute Gasteiger partial charge is 0.171 e. The normalized spacial score (nSPS) is 15.9. The third-order valence-electron chi connectivity index (χ3n) is 2.24. The van der Waals surface area contributed by atoms with Gasteiger partial charge in [0, 0.05) is 20.0 Å². The number of ketones is 1. The van der Waals surface area contributed by atoms with E-state index in [-0.39, 0.29) is 5.78 Å². The Morgan fingerprint density at radius 1 is 1.64 bits per heavy atom. The number of hydrogen-bond donors (Lipinski definition) is 0. The summed E-state index contributed by atoms with van der Waals surface area (Å²) in [5.74, 6) is 0.713. The second-order valence-corrected chi connectivity index (χ2v) is 4.62. The fraction of sp³-hybridized carbons (Fsp3) is 0.600. The van der Waals surface area contributed by atoms with E-state index in [0.29, 0.717) is 12.5 Å². The largest absolute Gasteiger partial charge is 0.378 e. The Bertz CT molecular complexity index is 355. The van der Waals surface area contributed by atoms with Gasteiger partial charge in [-0.3, -0.25) is 4.79 Å². The van der Waals surface area contributed by atoms with Gasteiger partial charge in [0.1, 0.15) is 0 Å². The molecule has 0 spiro atoms. The highest BCUT2D eigenvalue weighted by atomic mass is 32.1. The summed E-state index contributed by atoms with van der Waals surface area (Å²) in [5.41, 5.74) is 0.812. The number of hydrogen-bond acceptors (Lipinski definition) is 4. The quantitative estimate of drug-likeness (QED) is 0.718. The predicted octanol–water partition coefficient (Wildman–Crippen LogP) is 2.37. The molecular weight excluding hydrogens is 198 g/mol. The van der Waals surface area contributed by atoms with Crippen LogP contribution in [0.25, 0.3) is 0 Å². The Balaban J connectivity index is 2.29. The van der Waals surface area contributed by atoms with Gasteiger partial charge in [-0.1, -0.05) is 0 Å². The van der Waals surface area contributed by atoms with E-state index in [1.165, 1.54) is 24.2 Å². The van der Waals surface area contributed by atoms with Crippen LogP contribution in [0.1, 0.15) is 46.1 Å². The van der Waals surface area contributed by atoms with E-state index in [1.807, 2.05) is 0 Å². The molecular formula is C10H13NO2S. The van der Waals surface area contributed by atoms with E-state index in [0.717, 1.165) is 15.6 Å². The van der Waals surface area contributed by atoms with Crippen molar-refractivity contribution in [2.75, 3.05) is 7.11 Å². The van der Waals surface area contributed by atoms with Gasteiger partial charge >= 0.3 is 0 Å². The molecule has 3 nitrogen and oxygen atoms in total. The molecule has 0 unspecified atom stereocenters. The van der Waals surface area contributed by atoms with Crippen LogP contribution in [0, 0.1) is 0 Å². The first-order valence-corrected chi connectivity index (χ1v) is 5.53. The van der Waals surface area contributed by atoms with Crippen molar-refractivity contribution >= 4 is 17.1 Å². The first kappa shape index (κ1) is 9.80. The number of nitrogens with zero attached hydrogens (tertiary/aromatic N) is 1. The Hall–Kier alpha value is -0.740. The topological polar surface area (TPSA) is 39.2 Å². The van der Waals surface area contributed by atoms with Gasteiger partial charge < -0.3 is 4.74 Å². The van der Waals surface area contributed by atoms with E-state index in [1.54, 1.807) is 14.0 Å². The number of Topliss-reactive ketones (excluding diaryl/α,β-unsaturated/α-hetero) is 1. The summed E-state index contributed by atoms with van der Waals surface area (Å²) >= 11 is 1.54. The molecule has 76 valence electrons. The molecule has 0 aliphatic heterocycles. The fourth-order valence-electron chi connectivity index (χ4n) is 1.38. The molecule has 1 fully saturated rings. The summed E-state index contributed by atoms with van der Waals surface area (Å²) in [6.07, 6.45) is 2.44. The maximum absolute atomic E-state index is 11.3. The van der Waals surface area contributed by atoms with Crippen LogP contribution in [0.5, 0.6) is 0 Å². The molecule has 0 N–H and O–H groups in total. The summed E-state index contributed by atoms with van der Waals surface area (Å²) in [5, 5.41) is 1.11. The summed E-state index contributed by atoms with van der Waals surface area (Å²) < 4.78 is 5.02. The highest BCUT2D eigenvalue weighted by Gasteiger charge is 2.28. The monoisotopic (exact) mass is 211 g/mol. The van der Waals surface area contributed by atoms with E-state index in [9.17, 15) is 4.79 Å². The second-order valence-electron chi connectivity index (χ2n) is 3.59. The van der Waals surface area contributed by atoms with Gasteiger partial charge in [-0.15, -0.1) is 11.3 Å². The Labute approximate surface area is 87.1 Å². The first-order valence-electron chi connectivity index (χ1n) is 4.72. The van der Waals surface area contributed by atoms with Crippen LogP contribution in [0.2, 0.25) is 0 Å². The molecule has 1 aromatic rings. The van der Waals surface area contributed by atoms with Crippen LogP contribution in [0.15, 0.2) is 0 Å². The molecule has 1 aliphatic carbocycles. The molecule has 1 saturated carbocycles. The fourth-order valence-corrected chi connectivity index (χ4v) is 2.52. The van der Waals surface area contributed by atoms with Crippen molar-refractivity contribution < 1.29 is 9.53 Å². The van der Waals surface area contributed by atoms with Gasteiger partial charge in [0.25, 0.3) is 0 Å². The SMILES string of the molecule is COCc1nc(C2CC2)sc1C(C)=O. The number of carbonyl (C=O) groups excluding carboxylic acids is 1. The van der Waals surface area contributed by atoms with Crippen LogP contribution < -0.4 is 0 Å². The summed E-state index contributed by atoms with van der Waals surface area (Å²) in [7, 11) is 1.63. The number of ether oxygens (including phenoxy) is 1. The highest BCUT2D eigenvalue weighted by Crippen LogP contribution is 2.42. The minimum absolute atomic E-state index is 0.0986. The van der Waals surface area contributed by atoms with E-state index >= 15 is 0 Å². The molecule has 2 rings (SSSR count). The minimum atomic E-state index is 0.0986. The number of carbonyl (C=O) groups is 1. The van der Waals surface area contributed by atoms with Gasteiger partial charge in [0.05, 0.1) is 22.2 Å². The van der Waals surface area contributed by atoms with Crippen molar-refractivity contribution in [3.05, 3.63) is 15.6 Å². The van der Waals surface area contributed by atoms with Crippen molar-refractivity contribution in [3.63, 3.8) is 0 Å². The lowest BCUT2D eigenvalue weighted by Crippen LogP contribution is -1.97. The molecule has 4 heteroatoms. The number of rotatable bonds is 4. The van der Waals surface area contributed by atoms with E-state index < -0.39 is 0 Å². The van der Waals surface area contributed by atoms with Crippen LogP contribution in [-0.2, 0) is 11.3 Å². The van der Waals surface area contributed by atoms with Gasteiger partial charge in [-0.25, -0.2) is 4.98 Å². The standard InChI is InChI=1S/C10H13NO2S/c1-6(12)9-8(5-13-2)11-10(14-9)7-3-4-7/h7H,3-5H2,1-2H3. The molecule has 1 heterocycles. The molecule has 1 aliphatic rings. The Morgan fingerprint density at radius 2 is 2.36 bits per heavy atom. The van der Waals surface area contributed by atoms with Gasteiger partial charge in [-0.05, 0) is 12.8 Å². The lowest BCUT2D eigenvalue weighted by Gasteiger charge is -1.95. The predicted molar refractivity (Wildman–Crippen MR) is 54.8 cm³/mol. The zero-order valence-corrected chi connectivity index (χ0v) is 9.19. The molecule has 0 radical (unpaired) electrons. The lowest BCUT2D eigenvalue weighted by atomic mass is 10.3. The minimum Gasteiger partial charge on any atom is -0.378 e. The zero-order valence-electron chi connectivity index (χ0n) is 8.37. The highest BCUT2D eigenvalue weighted by molar-refractivity contribution is 7.14. The average Bonchev–Trinajstić information content (AvgIpc) is 2.89. The van der Waals surface area contributed by atoms with Crippen molar-refractivity contribution in [3.8, 4) is 0 Å². The average molecular weight is 211 g/mol. The van der Waals surface area contributed by atoms with Crippen LogP contribution in [0.4, 0.5) is 0 Å². The molecule has 0 saturated heterocycles. The third-order valence-corrected chi connectivity index (χ3v) is 3.60. The first-order chi connectivity index (χ1) is 6.72. The zero-order chi connectivity index (χ0) is 10.1. The lowest BCUT2D eigenvalue weighted by molar-refractivity contribution is 0.101. The van der Waals surface area contributed by atoms with Crippen molar-refractivity contribution in [2.45, 2.75) is 32.3 Å². The molecule has 0 amide bonds. The molecule has 14 heavy (non-hydrogen) atoms. The van der Waals surface area contributed by atoms with Crippen molar-refractivity contribution in [1.82, 2.24) is 4.98 Å². The van der Waals surface area contributed by atoms with Gasteiger partial charge in [-0.2, -0.15) is 0 Å². The van der Waals surface area contributed by atoms with Crippen molar-refractivity contribution in [1.29, 1.82) is 0 Å². The number of aromatic nitrogens is 1. The summed E-state index contributed by atoms with van der Waals surface area (Å²) in [6.45, 7) is 2.03. The van der Waals surface area contributed by atoms with Crippen LogP contribution >= 0.6 is 11.3 Å². The third kappa shape index (κ3) is 1.86. The molecule has 1 aromatic heterocycles. The maximum atomic E-state index is 11.3. The van der Waals surface area contributed by atoms with Crippen molar-refractivity contribution in [2.24, 2.45) is 0 Å². The molecule has 0 bridgehead atoms. The Kier molecular flexibility index (Phi) is 2.65. The summed E-state index contributed by atoms with van der Waals surface area (Å²) in [4.78, 5) is 16.5. The number of thiazole rings is 1. The number of methoxy groups -OCH3 is 1. The molecule has 0 aromatic carbocycles. The molecule has 0 atom stereocenters. The summed E-state index contributed by atoms with van der Waals surface area (Å²) in [6, 6.07) is 0. The van der Waals surface area contributed by atoms with Crippen LogP contribution in [-0.4, -0.2) is 17.9 Å². The van der Waals surface area contributed by atoms with Crippen LogP contribution in [0.3, 0.4) is 0 Å². The maximum Gasteiger partial charge on any atom is 0.171 e. The second kappa shape index (κ2) is 3.79. The van der Waals surface area contributed by atoms with Gasteiger partial charge in [0.15, 0.2) is 5.78 Å². The van der Waals surface area contributed by atoms with Gasteiger partial charge in [0.2, 0.25) is 0 Å².